The lowest BCUT2D eigenvalue weighted by atomic mass is 10.3. The van der Waals surface area contributed by atoms with Crippen LogP contribution in [-0.2, 0) is 6.54 Å². The van der Waals surface area contributed by atoms with E-state index in [0.29, 0.717) is 6.61 Å². The van der Waals surface area contributed by atoms with E-state index in [4.69, 9.17) is 4.74 Å². The molecule has 1 aromatic rings. The van der Waals surface area contributed by atoms with Crippen LogP contribution in [0.2, 0.25) is 0 Å². The zero-order valence-corrected chi connectivity index (χ0v) is 8.22. The monoisotopic (exact) mass is 229 g/mol. The lowest BCUT2D eigenvalue weighted by Crippen LogP contribution is -2.03. The van der Waals surface area contributed by atoms with Gasteiger partial charge >= 0.3 is 0 Å². The maximum Gasteiger partial charge on any atom is 0.208 e. The number of aromatic nitrogens is 1. The van der Waals surface area contributed by atoms with Crippen LogP contribution in [0, 0.1) is 0 Å². The minimum absolute atomic E-state index is 0.0763. The molecule has 0 amide bonds. The van der Waals surface area contributed by atoms with Gasteiger partial charge in [0, 0.05) is 6.92 Å². The Labute approximate surface area is 78.4 Å². The van der Waals surface area contributed by atoms with E-state index in [9.17, 15) is 4.79 Å². The molecule has 3 nitrogen and oxygen atoms in total. The maximum absolute atomic E-state index is 11.1. The molecule has 1 aliphatic heterocycles. The topological polar surface area (TPSA) is 31.2 Å². The highest BCUT2D eigenvalue weighted by Gasteiger charge is 2.21. The zero-order chi connectivity index (χ0) is 8.72. The van der Waals surface area contributed by atoms with Crippen molar-refractivity contribution in [1.29, 1.82) is 0 Å². The Morgan fingerprint density at radius 3 is 3.17 bits per heavy atom. The van der Waals surface area contributed by atoms with Crippen molar-refractivity contribution in [2.75, 3.05) is 6.61 Å². The van der Waals surface area contributed by atoms with Gasteiger partial charge in [-0.2, -0.15) is 0 Å². The minimum Gasteiger partial charge on any atom is -0.476 e. The molecule has 0 aliphatic carbocycles. The first-order chi connectivity index (χ1) is 5.70. The Morgan fingerprint density at radius 1 is 1.75 bits per heavy atom. The number of hydrogen-bond acceptors (Lipinski definition) is 2. The number of rotatable bonds is 1. The fraction of sp³-hybridized carbons (Fsp3) is 0.375. The summed E-state index contributed by atoms with van der Waals surface area (Å²) in [5, 5.41) is 0. The van der Waals surface area contributed by atoms with E-state index >= 15 is 0 Å². The number of ether oxygens (including phenoxy) is 1. The maximum atomic E-state index is 11.1. The average Bonchev–Trinajstić information content (AvgIpc) is 2.53. The Morgan fingerprint density at radius 2 is 2.50 bits per heavy atom. The summed E-state index contributed by atoms with van der Waals surface area (Å²) in [4.78, 5) is 11.1. The summed E-state index contributed by atoms with van der Waals surface area (Å²) in [6.07, 6.45) is 0. The SMILES string of the molecule is CC(=O)c1cc(Br)c2n1CCO2. The lowest BCUT2D eigenvalue weighted by Gasteiger charge is -1.97. The van der Waals surface area contributed by atoms with Crippen LogP contribution in [0.4, 0.5) is 0 Å². The third-order valence-electron chi connectivity index (χ3n) is 1.92. The number of Topliss-reactive ketones (excluding diaryl/α,β-unsaturated/α-hetero) is 1. The van der Waals surface area contributed by atoms with Crippen molar-refractivity contribution in [3.8, 4) is 5.88 Å². The summed E-state index contributed by atoms with van der Waals surface area (Å²) >= 11 is 3.34. The molecule has 0 N–H and O–H groups in total. The van der Waals surface area contributed by atoms with Gasteiger partial charge in [-0.1, -0.05) is 0 Å². The molecular weight excluding hydrogens is 222 g/mol. The lowest BCUT2D eigenvalue weighted by molar-refractivity contribution is 0.100. The van der Waals surface area contributed by atoms with E-state index in [1.54, 1.807) is 13.0 Å². The Hall–Kier alpha value is -0.770. The van der Waals surface area contributed by atoms with Gasteiger partial charge in [0.1, 0.15) is 6.61 Å². The van der Waals surface area contributed by atoms with E-state index in [0.717, 1.165) is 22.6 Å². The second kappa shape index (κ2) is 2.62. The highest BCUT2D eigenvalue weighted by molar-refractivity contribution is 9.10. The quantitative estimate of drug-likeness (QED) is 0.689. The Bertz CT molecular complexity index is 343. The number of fused-ring (bicyclic) bond motifs is 1. The van der Waals surface area contributed by atoms with Crippen molar-refractivity contribution in [3.05, 3.63) is 16.2 Å². The van der Waals surface area contributed by atoms with Gasteiger partial charge in [0.05, 0.1) is 16.7 Å². The molecule has 0 fully saturated rings. The third-order valence-corrected chi connectivity index (χ3v) is 2.49. The summed E-state index contributed by atoms with van der Waals surface area (Å²) in [5.41, 5.74) is 0.717. The molecule has 0 unspecified atom stereocenters. The van der Waals surface area contributed by atoms with Gasteiger partial charge in [-0.05, 0) is 22.0 Å². The highest BCUT2D eigenvalue weighted by atomic mass is 79.9. The molecule has 1 aliphatic rings. The first-order valence-corrected chi connectivity index (χ1v) is 4.52. The predicted molar refractivity (Wildman–Crippen MR) is 47.6 cm³/mol. The van der Waals surface area contributed by atoms with Crippen molar-refractivity contribution in [3.63, 3.8) is 0 Å². The molecule has 0 saturated heterocycles. The second-order valence-corrected chi connectivity index (χ2v) is 3.59. The second-order valence-electron chi connectivity index (χ2n) is 2.74. The number of halogens is 1. The van der Waals surface area contributed by atoms with Crippen LogP contribution in [0.5, 0.6) is 5.88 Å². The molecule has 64 valence electrons. The van der Waals surface area contributed by atoms with Crippen molar-refractivity contribution in [2.24, 2.45) is 0 Å². The largest absolute Gasteiger partial charge is 0.476 e. The molecule has 4 heteroatoms. The van der Waals surface area contributed by atoms with E-state index in [1.165, 1.54) is 0 Å². The Balaban J connectivity index is 2.58. The fourth-order valence-electron chi connectivity index (χ4n) is 1.39. The predicted octanol–water partition coefficient (Wildman–Crippen LogP) is 1.85. The molecule has 0 bridgehead atoms. The van der Waals surface area contributed by atoms with Crippen molar-refractivity contribution in [2.45, 2.75) is 13.5 Å². The molecule has 2 rings (SSSR count). The standard InChI is InChI=1S/C8H8BrNO2/c1-5(11)7-4-6(9)8-10(7)2-3-12-8/h4H,2-3H2,1H3. The molecule has 0 spiro atoms. The number of ketones is 1. The normalized spacial score (nSPS) is 14.2. The summed E-state index contributed by atoms with van der Waals surface area (Å²) < 4.78 is 8.09. The van der Waals surface area contributed by atoms with Gasteiger partial charge in [-0.15, -0.1) is 0 Å². The van der Waals surface area contributed by atoms with Crippen LogP contribution in [0.25, 0.3) is 0 Å². The smallest absolute Gasteiger partial charge is 0.208 e. The molecule has 2 heterocycles. The van der Waals surface area contributed by atoms with Crippen LogP contribution < -0.4 is 4.74 Å². The van der Waals surface area contributed by atoms with Crippen LogP contribution in [0.15, 0.2) is 10.5 Å². The molecule has 0 aromatic carbocycles. The van der Waals surface area contributed by atoms with E-state index in [1.807, 2.05) is 4.57 Å². The van der Waals surface area contributed by atoms with Crippen LogP contribution >= 0.6 is 15.9 Å². The average molecular weight is 230 g/mol. The molecular formula is C8H8BrNO2. The first kappa shape index (κ1) is 7.86. The molecule has 1 aromatic heterocycles. The van der Waals surface area contributed by atoms with E-state index < -0.39 is 0 Å². The van der Waals surface area contributed by atoms with Crippen LogP contribution in [0.1, 0.15) is 17.4 Å². The van der Waals surface area contributed by atoms with Crippen molar-refractivity contribution >= 4 is 21.7 Å². The van der Waals surface area contributed by atoms with E-state index in [2.05, 4.69) is 15.9 Å². The minimum atomic E-state index is 0.0763. The fourth-order valence-corrected chi connectivity index (χ4v) is 1.94. The summed E-state index contributed by atoms with van der Waals surface area (Å²) in [7, 11) is 0. The van der Waals surface area contributed by atoms with Gasteiger partial charge in [-0.3, -0.25) is 4.79 Å². The molecule has 12 heavy (non-hydrogen) atoms. The summed E-state index contributed by atoms with van der Waals surface area (Å²) in [6.45, 7) is 3.00. The first-order valence-electron chi connectivity index (χ1n) is 3.73. The van der Waals surface area contributed by atoms with Gasteiger partial charge in [0.25, 0.3) is 0 Å². The van der Waals surface area contributed by atoms with Gasteiger partial charge in [-0.25, -0.2) is 0 Å². The van der Waals surface area contributed by atoms with Crippen LogP contribution in [0.3, 0.4) is 0 Å². The number of nitrogens with zero attached hydrogens (tertiary/aromatic N) is 1. The summed E-state index contributed by atoms with van der Waals surface area (Å²) in [6, 6.07) is 1.80. The number of hydrogen-bond donors (Lipinski definition) is 0. The molecule has 0 saturated carbocycles. The summed E-state index contributed by atoms with van der Waals surface area (Å²) in [5.74, 6) is 0.854. The van der Waals surface area contributed by atoms with Gasteiger partial charge in [0.2, 0.25) is 5.88 Å². The van der Waals surface area contributed by atoms with Gasteiger partial charge < -0.3 is 9.30 Å². The Kier molecular flexibility index (Phi) is 1.72. The molecule has 0 radical (unpaired) electrons. The molecule has 0 atom stereocenters. The highest BCUT2D eigenvalue weighted by Crippen LogP contribution is 2.32. The van der Waals surface area contributed by atoms with Gasteiger partial charge in [0.15, 0.2) is 5.78 Å². The van der Waals surface area contributed by atoms with Crippen molar-refractivity contribution in [1.82, 2.24) is 4.57 Å². The van der Waals surface area contributed by atoms with Crippen LogP contribution in [-0.4, -0.2) is 17.0 Å². The van der Waals surface area contributed by atoms with Crippen molar-refractivity contribution < 1.29 is 9.53 Å². The third kappa shape index (κ3) is 0.982. The van der Waals surface area contributed by atoms with E-state index in [-0.39, 0.29) is 5.78 Å². The number of carbonyl (C=O) groups excluding carboxylic acids is 1. The number of carbonyl (C=O) groups is 1. The zero-order valence-electron chi connectivity index (χ0n) is 6.63.